The van der Waals surface area contributed by atoms with Gasteiger partial charge in [-0.2, -0.15) is 4.57 Å². The minimum Gasteiger partial charge on any atom is -0.340 e. The first-order valence-corrected chi connectivity index (χ1v) is 7.35. The summed E-state index contributed by atoms with van der Waals surface area (Å²) in [4.78, 5) is 10.8. The topological polar surface area (TPSA) is 59.0 Å². The molecular formula is C13H14N3O2S2+. The van der Waals surface area contributed by atoms with Gasteiger partial charge in [-0.15, -0.1) is 0 Å². The van der Waals surface area contributed by atoms with Crippen molar-refractivity contribution in [3.05, 3.63) is 50.5 Å². The number of rotatable bonds is 4. The van der Waals surface area contributed by atoms with Gasteiger partial charge in [-0.3, -0.25) is 10.1 Å². The van der Waals surface area contributed by atoms with Crippen molar-refractivity contribution >= 4 is 39.9 Å². The van der Waals surface area contributed by atoms with Crippen molar-refractivity contribution in [1.29, 1.82) is 0 Å². The zero-order valence-electron chi connectivity index (χ0n) is 11.1. The molecule has 0 spiro atoms. The predicted octanol–water partition coefficient (Wildman–Crippen LogP) is 3.06. The Bertz CT molecular complexity index is 650. The second-order valence-corrected chi connectivity index (χ2v) is 5.45. The van der Waals surface area contributed by atoms with Crippen LogP contribution in [0.15, 0.2) is 29.6 Å². The summed E-state index contributed by atoms with van der Waals surface area (Å²) < 4.78 is 2.13. The number of anilines is 1. The molecule has 0 aliphatic heterocycles. The summed E-state index contributed by atoms with van der Waals surface area (Å²) >= 11 is 6.99. The third-order valence-corrected chi connectivity index (χ3v) is 4.39. The lowest BCUT2D eigenvalue weighted by Crippen LogP contribution is -2.40. The Balaban J connectivity index is 2.17. The molecule has 1 N–H and O–H groups in total. The van der Waals surface area contributed by atoms with Gasteiger partial charge < -0.3 is 5.32 Å². The molecule has 0 atom stereocenters. The standard InChI is InChI=1S/C13H13N3O2S2/c1-3-15-9(2)8-20-13(15)12(19)14-10-4-6-11(7-5-10)16(17)18/h4-8H,3H2,1-2H3/p+1. The minimum atomic E-state index is -0.421. The van der Waals surface area contributed by atoms with Crippen molar-refractivity contribution in [2.45, 2.75) is 20.4 Å². The summed E-state index contributed by atoms with van der Waals surface area (Å²) in [5, 5.41) is 16.8. The number of aromatic nitrogens is 1. The quantitative estimate of drug-likeness (QED) is 0.408. The van der Waals surface area contributed by atoms with E-state index in [1.165, 1.54) is 17.8 Å². The van der Waals surface area contributed by atoms with E-state index in [0.717, 1.165) is 17.2 Å². The maximum absolute atomic E-state index is 10.6. The van der Waals surface area contributed by atoms with Crippen LogP contribution in [-0.2, 0) is 6.54 Å². The number of non-ortho nitro benzene ring substituents is 1. The molecule has 1 aromatic heterocycles. The average molecular weight is 308 g/mol. The molecule has 5 nitrogen and oxygen atoms in total. The first-order valence-electron chi connectivity index (χ1n) is 6.06. The smallest absolute Gasteiger partial charge is 0.297 e. The molecule has 1 aromatic carbocycles. The summed E-state index contributed by atoms with van der Waals surface area (Å²) in [7, 11) is 0. The monoisotopic (exact) mass is 308 g/mol. The average Bonchev–Trinajstić information content (AvgIpc) is 2.80. The van der Waals surface area contributed by atoms with Crippen LogP contribution in [0.25, 0.3) is 0 Å². The summed E-state index contributed by atoms with van der Waals surface area (Å²) in [6.07, 6.45) is 0. The summed E-state index contributed by atoms with van der Waals surface area (Å²) in [6, 6.07) is 6.22. The number of benzene rings is 1. The van der Waals surface area contributed by atoms with Gasteiger partial charge in [0.2, 0.25) is 0 Å². The van der Waals surface area contributed by atoms with Crippen molar-refractivity contribution in [3.63, 3.8) is 0 Å². The molecule has 0 aliphatic carbocycles. The van der Waals surface area contributed by atoms with Gasteiger partial charge >= 0.3 is 0 Å². The highest BCUT2D eigenvalue weighted by Crippen LogP contribution is 2.17. The fourth-order valence-corrected chi connectivity index (χ4v) is 3.19. The van der Waals surface area contributed by atoms with Gasteiger partial charge in [0.15, 0.2) is 10.7 Å². The molecule has 2 aromatic rings. The first-order chi connectivity index (χ1) is 9.52. The largest absolute Gasteiger partial charge is 0.340 e. The highest BCUT2D eigenvalue weighted by Gasteiger charge is 2.20. The van der Waals surface area contributed by atoms with Crippen molar-refractivity contribution < 1.29 is 9.49 Å². The highest BCUT2D eigenvalue weighted by atomic mass is 32.1. The Morgan fingerprint density at radius 2 is 2.10 bits per heavy atom. The van der Waals surface area contributed by atoms with Crippen LogP contribution in [0, 0.1) is 17.0 Å². The number of thiocarbonyl (C=S) groups is 1. The van der Waals surface area contributed by atoms with Crippen LogP contribution in [0.1, 0.15) is 17.6 Å². The van der Waals surface area contributed by atoms with Crippen LogP contribution in [0.2, 0.25) is 0 Å². The van der Waals surface area contributed by atoms with E-state index in [1.807, 2.05) is 6.92 Å². The predicted molar refractivity (Wildman–Crippen MR) is 83.3 cm³/mol. The Hall–Kier alpha value is -1.86. The van der Waals surface area contributed by atoms with E-state index >= 15 is 0 Å². The molecule has 0 unspecified atom stereocenters. The summed E-state index contributed by atoms with van der Waals surface area (Å²) in [6.45, 7) is 4.96. The van der Waals surface area contributed by atoms with E-state index in [9.17, 15) is 10.1 Å². The summed E-state index contributed by atoms with van der Waals surface area (Å²) in [5.41, 5.74) is 1.98. The van der Waals surface area contributed by atoms with Gasteiger partial charge in [0.25, 0.3) is 10.7 Å². The van der Waals surface area contributed by atoms with E-state index in [-0.39, 0.29) is 5.69 Å². The first kappa shape index (κ1) is 14.5. The Morgan fingerprint density at radius 3 is 2.65 bits per heavy atom. The molecule has 0 saturated heterocycles. The number of nitro groups is 1. The second-order valence-electron chi connectivity index (χ2n) is 4.18. The molecule has 0 fully saturated rings. The Labute approximate surface area is 126 Å². The van der Waals surface area contributed by atoms with Gasteiger partial charge in [0.05, 0.1) is 10.3 Å². The Morgan fingerprint density at radius 1 is 1.45 bits per heavy atom. The van der Waals surface area contributed by atoms with Crippen LogP contribution in [0.3, 0.4) is 0 Å². The van der Waals surface area contributed by atoms with Gasteiger partial charge in [-0.1, -0.05) is 23.6 Å². The second kappa shape index (κ2) is 6.06. The number of thiazole rings is 1. The molecule has 104 valence electrons. The van der Waals surface area contributed by atoms with Crippen molar-refractivity contribution in [3.8, 4) is 0 Å². The highest BCUT2D eigenvalue weighted by molar-refractivity contribution is 7.81. The minimum absolute atomic E-state index is 0.0667. The number of nitrogens with one attached hydrogen (secondary N) is 1. The molecule has 0 bridgehead atoms. The molecule has 0 radical (unpaired) electrons. The number of hydrogen-bond acceptors (Lipinski definition) is 4. The SMILES string of the molecule is CC[n+]1c(C)csc1C(=S)Nc1ccc([N+](=O)[O-])cc1. The number of aryl methyl sites for hydroxylation is 1. The van der Waals surface area contributed by atoms with E-state index in [2.05, 4.69) is 22.2 Å². The lowest BCUT2D eigenvalue weighted by atomic mass is 10.3. The summed E-state index contributed by atoms with van der Waals surface area (Å²) in [5.74, 6) is 0. The van der Waals surface area contributed by atoms with Crippen LogP contribution in [0.5, 0.6) is 0 Å². The van der Waals surface area contributed by atoms with Crippen LogP contribution < -0.4 is 9.88 Å². The molecule has 0 amide bonds. The van der Waals surface area contributed by atoms with E-state index < -0.39 is 4.92 Å². The van der Waals surface area contributed by atoms with Crippen LogP contribution in [-0.4, -0.2) is 9.91 Å². The number of nitro benzene ring substituents is 1. The van der Waals surface area contributed by atoms with Crippen molar-refractivity contribution in [2.24, 2.45) is 0 Å². The van der Waals surface area contributed by atoms with Crippen LogP contribution in [0.4, 0.5) is 11.4 Å². The van der Waals surface area contributed by atoms with Gasteiger partial charge in [0.1, 0.15) is 6.54 Å². The molecule has 20 heavy (non-hydrogen) atoms. The van der Waals surface area contributed by atoms with Gasteiger partial charge in [-0.25, -0.2) is 0 Å². The lowest BCUT2D eigenvalue weighted by Gasteiger charge is -2.04. The van der Waals surface area contributed by atoms with Crippen molar-refractivity contribution in [1.82, 2.24) is 0 Å². The maximum Gasteiger partial charge on any atom is 0.297 e. The van der Waals surface area contributed by atoms with E-state index in [4.69, 9.17) is 12.2 Å². The fourth-order valence-electron chi connectivity index (χ4n) is 1.85. The van der Waals surface area contributed by atoms with Crippen LogP contribution >= 0.6 is 23.6 Å². The molecule has 7 heteroatoms. The lowest BCUT2D eigenvalue weighted by molar-refractivity contribution is -0.695. The Kier molecular flexibility index (Phi) is 4.41. The van der Waals surface area contributed by atoms with Crippen molar-refractivity contribution in [2.75, 3.05) is 5.32 Å². The molecule has 1 heterocycles. The normalized spacial score (nSPS) is 10.3. The number of nitrogens with zero attached hydrogens (tertiary/aromatic N) is 2. The van der Waals surface area contributed by atoms with E-state index in [1.54, 1.807) is 23.5 Å². The zero-order chi connectivity index (χ0) is 14.7. The third-order valence-electron chi connectivity index (χ3n) is 2.86. The van der Waals surface area contributed by atoms with Gasteiger partial charge in [0, 0.05) is 24.7 Å². The molecule has 0 aliphatic rings. The van der Waals surface area contributed by atoms with E-state index in [0.29, 0.717) is 4.99 Å². The zero-order valence-corrected chi connectivity index (χ0v) is 12.8. The molecule has 2 rings (SSSR count). The number of hydrogen-bond donors (Lipinski definition) is 1. The maximum atomic E-state index is 10.6. The fraction of sp³-hybridized carbons (Fsp3) is 0.231. The molecule has 0 saturated carbocycles. The molecular weight excluding hydrogens is 294 g/mol. The third kappa shape index (κ3) is 3.00. The van der Waals surface area contributed by atoms with Gasteiger partial charge in [-0.05, 0) is 19.1 Å².